The van der Waals surface area contributed by atoms with Crippen molar-refractivity contribution in [1.82, 2.24) is 14.7 Å². The summed E-state index contributed by atoms with van der Waals surface area (Å²) < 4.78 is 2.02. The lowest BCUT2D eigenvalue weighted by Crippen LogP contribution is -2.22. The van der Waals surface area contributed by atoms with Gasteiger partial charge < -0.3 is 4.90 Å². The number of halogens is 3. The molecule has 0 N–H and O–H groups in total. The summed E-state index contributed by atoms with van der Waals surface area (Å²) in [5, 5.41) is 7.32. The zero-order valence-corrected chi connectivity index (χ0v) is 17.9. The summed E-state index contributed by atoms with van der Waals surface area (Å²) in [4.78, 5) is 2.48. The molecule has 1 fully saturated rings. The molecule has 1 saturated carbocycles. The average molecular weight is 425 g/mol. The number of hydrogen-bond donors (Lipinski definition) is 0. The van der Waals surface area contributed by atoms with Crippen LogP contribution < -0.4 is 0 Å². The van der Waals surface area contributed by atoms with Crippen molar-refractivity contribution in [1.29, 1.82) is 0 Å². The number of nitrogens with zero attached hydrogens (tertiary/aromatic N) is 3. The first kappa shape index (κ1) is 20.5. The second-order valence-corrected chi connectivity index (χ2v) is 8.06. The summed E-state index contributed by atoms with van der Waals surface area (Å²) >= 11 is 12.5. The number of aromatic nitrogens is 2. The Morgan fingerprint density at radius 3 is 2.63 bits per heavy atom. The minimum atomic E-state index is 0. The van der Waals surface area contributed by atoms with Gasteiger partial charge in [-0.05, 0) is 51.4 Å². The fourth-order valence-corrected chi connectivity index (χ4v) is 4.19. The molecule has 0 amide bonds. The lowest BCUT2D eigenvalue weighted by molar-refractivity contribution is 0.319. The van der Waals surface area contributed by atoms with Crippen LogP contribution in [0.15, 0.2) is 36.4 Å². The first-order valence-corrected chi connectivity index (χ1v) is 9.90. The van der Waals surface area contributed by atoms with E-state index in [1.807, 2.05) is 23.9 Å². The molecule has 1 aliphatic carbocycles. The maximum atomic E-state index is 6.44. The number of hydrogen-bond acceptors (Lipinski definition) is 2. The molecule has 1 aromatic heterocycles. The van der Waals surface area contributed by atoms with Crippen molar-refractivity contribution < 1.29 is 0 Å². The Balaban J connectivity index is 0.00000210. The molecule has 1 aliphatic rings. The van der Waals surface area contributed by atoms with E-state index in [4.69, 9.17) is 28.3 Å². The van der Waals surface area contributed by atoms with Crippen LogP contribution >= 0.6 is 35.6 Å². The Kier molecular flexibility index (Phi) is 6.37. The molecule has 0 unspecified atom stereocenters. The van der Waals surface area contributed by atoms with E-state index in [0.717, 1.165) is 42.1 Å². The molecule has 0 atom stereocenters. The van der Waals surface area contributed by atoms with Crippen molar-refractivity contribution in [3.8, 4) is 11.1 Å². The van der Waals surface area contributed by atoms with Crippen molar-refractivity contribution in [3.05, 3.63) is 52.1 Å². The van der Waals surface area contributed by atoms with E-state index in [-0.39, 0.29) is 12.4 Å². The monoisotopic (exact) mass is 423 g/mol. The third-order valence-corrected chi connectivity index (χ3v) is 5.85. The second kappa shape index (κ2) is 8.40. The minimum absolute atomic E-state index is 0. The van der Waals surface area contributed by atoms with Crippen LogP contribution in [0.3, 0.4) is 0 Å². The maximum absolute atomic E-state index is 6.44. The summed E-state index contributed by atoms with van der Waals surface area (Å²) in [7, 11) is 4.27. The fourth-order valence-electron chi connectivity index (χ4n) is 3.68. The summed E-state index contributed by atoms with van der Waals surface area (Å²) in [5.74, 6) is 0. The van der Waals surface area contributed by atoms with E-state index in [1.54, 1.807) is 6.07 Å². The maximum Gasteiger partial charge on any atom is 0.100 e. The topological polar surface area (TPSA) is 21.1 Å². The molecule has 0 radical (unpaired) electrons. The largest absolute Gasteiger partial charge is 0.303 e. The van der Waals surface area contributed by atoms with Crippen LogP contribution in [-0.2, 0) is 13.5 Å². The van der Waals surface area contributed by atoms with Crippen LogP contribution in [-0.4, -0.2) is 34.3 Å². The van der Waals surface area contributed by atoms with Gasteiger partial charge in [-0.2, -0.15) is 5.10 Å². The molecule has 3 nitrogen and oxygen atoms in total. The number of fused-ring (bicyclic) bond motifs is 1. The number of aryl methyl sites for hydroxylation is 2. The van der Waals surface area contributed by atoms with Gasteiger partial charge in [-0.1, -0.05) is 47.5 Å². The van der Waals surface area contributed by atoms with E-state index in [2.05, 4.69) is 30.1 Å². The molecule has 27 heavy (non-hydrogen) atoms. The first-order chi connectivity index (χ1) is 12.5. The van der Waals surface area contributed by atoms with Gasteiger partial charge in [0.1, 0.15) is 5.52 Å². The highest BCUT2D eigenvalue weighted by Gasteiger charge is 2.25. The van der Waals surface area contributed by atoms with Gasteiger partial charge in [0, 0.05) is 45.3 Å². The van der Waals surface area contributed by atoms with E-state index in [9.17, 15) is 0 Å². The second-order valence-electron chi connectivity index (χ2n) is 7.21. The smallest absolute Gasteiger partial charge is 0.100 e. The quantitative estimate of drug-likeness (QED) is 0.484. The molecular formula is C21H24Cl3N3. The van der Waals surface area contributed by atoms with Gasteiger partial charge in [0.25, 0.3) is 0 Å². The molecule has 144 valence electrons. The third kappa shape index (κ3) is 4.27. The molecule has 6 heteroatoms. The highest BCUT2D eigenvalue weighted by Crippen LogP contribution is 2.35. The Labute approximate surface area is 176 Å². The predicted molar refractivity (Wildman–Crippen MR) is 117 cm³/mol. The summed E-state index contributed by atoms with van der Waals surface area (Å²) in [6, 6.07) is 12.8. The Bertz CT molecular complexity index is 947. The third-order valence-electron chi connectivity index (χ3n) is 5.30. The molecule has 0 bridgehead atoms. The normalized spacial score (nSPS) is 14.0. The first-order valence-electron chi connectivity index (χ1n) is 9.15. The Morgan fingerprint density at radius 1 is 1.15 bits per heavy atom. The fraction of sp³-hybridized carbons (Fsp3) is 0.381. The molecule has 1 heterocycles. The van der Waals surface area contributed by atoms with Crippen LogP contribution in [0.5, 0.6) is 0 Å². The van der Waals surface area contributed by atoms with Crippen molar-refractivity contribution in [2.75, 3.05) is 13.6 Å². The standard InChI is InChI=1S/C21H23Cl2N3.ClH/c1-25(15-9-10-15)12-4-7-20-18-6-3-5-17(21(18)24-26(20)2)16-11-8-14(22)13-19(16)23;/h3,5-6,8,11,13,15H,4,7,9-10,12H2,1-2H3;1H. The predicted octanol–water partition coefficient (Wildman–Crippen LogP) is 6.00. The van der Waals surface area contributed by atoms with Crippen molar-refractivity contribution in [2.24, 2.45) is 7.05 Å². The van der Waals surface area contributed by atoms with Crippen LogP contribution in [0.1, 0.15) is 25.0 Å². The minimum Gasteiger partial charge on any atom is -0.303 e. The van der Waals surface area contributed by atoms with E-state index < -0.39 is 0 Å². The van der Waals surface area contributed by atoms with Gasteiger partial charge in [0.15, 0.2) is 0 Å². The SMILES string of the molecule is CN(CCCc1c2cccc(-c3ccc(Cl)cc3Cl)c2nn1C)C1CC1.Cl. The molecule has 0 saturated heterocycles. The van der Waals surface area contributed by atoms with Crippen LogP contribution in [0, 0.1) is 0 Å². The van der Waals surface area contributed by atoms with Crippen LogP contribution in [0.25, 0.3) is 22.0 Å². The van der Waals surface area contributed by atoms with Gasteiger partial charge in [-0.3, -0.25) is 4.68 Å². The lowest BCUT2D eigenvalue weighted by atomic mass is 10.0. The number of benzene rings is 2. The highest BCUT2D eigenvalue weighted by molar-refractivity contribution is 6.36. The molecule has 3 aromatic rings. The zero-order valence-electron chi connectivity index (χ0n) is 15.6. The average Bonchev–Trinajstić information content (AvgIpc) is 3.40. The van der Waals surface area contributed by atoms with E-state index in [1.165, 1.54) is 23.9 Å². The molecule has 0 aliphatic heterocycles. The highest BCUT2D eigenvalue weighted by atomic mass is 35.5. The van der Waals surface area contributed by atoms with Crippen molar-refractivity contribution >= 4 is 46.5 Å². The van der Waals surface area contributed by atoms with Gasteiger partial charge in [0.2, 0.25) is 0 Å². The van der Waals surface area contributed by atoms with E-state index in [0.29, 0.717) is 10.0 Å². The Morgan fingerprint density at radius 2 is 1.93 bits per heavy atom. The van der Waals surface area contributed by atoms with Gasteiger partial charge >= 0.3 is 0 Å². The van der Waals surface area contributed by atoms with Gasteiger partial charge in [0.05, 0.1) is 0 Å². The summed E-state index contributed by atoms with van der Waals surface area (Å²) in [6.07, 6.45) is 4.89. The lowest BCUT2D eigenvalue weighted by Gasteiger charge is -2.15. The van der Waals surface area contributed by atoms with Crippen molar-refractivity contribution in [2.45, 2.75) is 31.7 Å². The van der Waals surface area contributed by atoms with Crippen LogP contribution in [0.2, 0.25) is 10.0 Å². The number of rotatable bonds is 6. The van der Waals surface area contributed by atoms with Crippen molar-refractivity contribution in [3.63, 3.8) is 0 Å². The van der Waals surface area contributed by atoms with Gasteiger partial charge in [-0.15, -0.1) is 12.4 Å². The molecular weight excluding hydrogens is 401 g/mol. The Hall–Kier alpha value is -1.26. The zero-order chi connectivity index (χ0) is 18.3. The summed E-state index contributed by atoms with van der Waals surface area (Å²) in [6.45, 7) is 1.14. The van der Waals surface area contributed by atoms with E-state index >= 15 is 0 Å². The molecule has 0 spiro atoms. The molecule has 4 rings (SSSR count). The summed E-state index contributed by atoms with van der Waals surface area (Å²) in [5.41, 5.74) is 4.32. The van der Waals surface area contributed by atoms with Crippen LogP contribution in [0.4, 0.5) is 0 Å². The van der Waals surface area contributed by atoms with Gasteiger partial charge in [-0.25, -0.2) is 0 Å². The molecule has 2 aromatic carbocycles.